The van der Waals surface area contributed by atoms with E-state index in [2.05, 4.69) is 6.07 Å². The monoisotopic (exact) mass is 268 g/mol. The zero-order chi connectivity index (χ0) is 6.69. The second-order valence-electron chi connectivity index (χ2n) is 1.84. The van der Waals surface area contributed by atoms with Crippen molar-refractivity contribution in [1.82, 2.24) is 0 Å². The van der Waals surface area contributed by atoms with E-state index >= 15 is 0 Å². The Morgan fingerprint density at radius 1 is 1.30 bits per heavy atom. The molecule has 0 fully saturated rings. The average Bonchev–Trinajstić information content (AvgIpc) is 1.89. The van der Waals surface area contributed by atoms with Gasteiger partial charge in [0.05, 0.1) is 0 Å². The maximum absolute atomic E-state index is 5.84. The van der Waals surface area contributed by atoms with Crippen molar-refractivity contribution >= 4 is 11.6 Å². The molecule has 0 heterocycles. The summed E-state index contributed by atoms with van der Waals surface area (Å²) < 4.78 is 0. The molecule has 0 atom stereocenters. The first-order chi connectivity index (χ1) is 4.34. The Balaban J connectivity index is 0.000000810. The molecule has 3 heteroatoms. The molecule has 0 amide bonds. The summed E-state index contributed by atoms with van der Waals surface area (Å²) >= 11 is 7.13. The van der Waals surface area contributed by atoms with Gasteiger partial charge in [-0.1, -0.05) is 0 Å². The molecule has 0 saturated carbocycles. The van der Waals surface area contributed by atoms with Crippen molar-refractivity contribution < 1.29 is 35.3 Å². The first-order valence-electron chi connectivity index (χ1n) is 2.87. The smallest absolute Gasteiger partial charge is 1.00 e. The van der Waals surface area contributed by atoms with Crippen LogP contribution < -0.4 is 17.0 Å². The van der Waals surface area contributed by atoms with Crippen LogP contribution in [0.25, 0.3) is 0 Å². The van der Waals surface area contributed by atoms with Crippen molar-refractivity contribution in [2.24, 2.45) is 0 Å². The molecule has 10 heavy (non-hydrogen) atoms. The molecule has 0 unspecified atom stereocenters. The van der Waals surface area contributed by atoms with E-state index in [0.29, 0.717) is 0 Å². The third-order valence-electron chi connectivity index (χ3n) is 1.23. The Hall–Kier alpha value is 0.613. The van der Waals surface area contributed by atoms with E-state index in [0.717, 1.165) is 10.0 Å². The Morgan fingerprint density at radius 2 is 1.90 bits per heavy atom. The minimum absolute atomic E-state index is 0. The topological polar surface area (TPSA) is 0 Å². The van der Waals surface area contributed by atoms with Gasteiger partial charge in [-0.25, -0.2) is 0 Å². The number of hydrogen-bond donors (Lipinski definition) is 0. The van der Waals surface area contributed by atoms with Gasteiger partial charge < -0.3 is 17.0 Å². The van der Waals surface area contributed by atoms with Crippen LogP contribution >= 0.6 is 11.6 Å². The average molecular weight is 271 g/mol. The van der Waals surface area contributed by atoms with Gasteiger partial charge in [0, 0.05) is 0 Å². The fraction of sp³-hybridized carbons (Fsp3) is 0.143. The largest absolute Gasteiger partial charge is 1.00 e. The van der Waals surface area contributed by atoms with Gasteiger partial charge in [-0.2, -0.15) is 0 Å². The first kappa shape index (κ1) is 10.6. The summed E-state index contributed by atoms with van der Waals surface area (Å²) in [6, 6.07) is 8.00. The van der Waals surface area contributed by atoms with Crippen LogP contribution in [0.5, 0.6) is 0 Å². The summed E-state index contributed by atoms with van der Waals surface area (Å²) in [6.07, 6.45) is 0. The van der Waals surface area contributed by atoms with Crippen LogP contribution in [0, 0.1) is 0 Å². The van der Waals surface area contributed by atoms with Gasteiger partial charge in [-0.05, 0) is 0 Å². The molecule has 0 aliphatic carbocycles. The van der Waals surface area contributed by atoms with Gasteiger partial charge in [0.25, 0.3) is 0 Å². The summed E-state index contributed by atoms with van der Waals surface area (Å²) in [5.74, 6) is 0. The minimum atomic E-state index is 0. The van der Waals surface area contributed by atoms with Crippen LogP contribution in [0.1, 0.15) is 5.56 Å². The van der Waals surface area contributed by atoms with Gasteiger partial charge in [0.15, 0.2) is 0 Å². The fourth-order valence-corrected chi connectivity index (χ4v) is 2.18. The number of hydrogen-bond acceptors (Lipinski definition) is 0. The summed E-state index contributed by atoms with van der Waals surface area (Å²) in [5, 5.41) is 2.04. The molecule has 0 aliphatic rings. The maximum Gasteiger partial charge on any atom is -1.00 e. The predicted octanol–water partition coefficient (Wildman–Crippen LogP) is -0.609. The van der Waals surface area contributed by atoms with Crippen LogP contribution in [-0.4, -0.2) is 0 Å². The Kier molecular flexibility index (Phi) is 5.61. The zero-order valence-corrected chi connectivity index (χ0v) is 10.8. The molecule has 0 bridgehead atoms. The molecular weight excluding hydrogens is 265 g/mol. The Morgan fingerprint density at radius 3 is 2.30 bits per heavy atom. The summed E-state index contributed by atoms with van der Waals surface area (Å²) in [4.78, 5) is 0. The first-order valence-corrected chi connectivity index (χ1v) is 5.35. The SMILES string of the molecule is Clc1ccccc1[CH2][Zn+].[Br-]. The van der Waals surface area contributed by atoms with Crippen molar-refractivity contribution in [2.75, 3.05) is 0 Å². The summed E-state index contributed by atoms with van der Waals surface area (Å²) in [6.45, 7) is 0. The van der Waals surface area contributed by atoms with E-state index in [9.17, 15) is 0 Å². The molecule has 0 radical (unpaired) electrons. The molecule has 0 N–H and O–H groups in total. The van der Waals surface area contributed by atoms with E-state index in [-0.39, 0.29) is 17.0 Å². The van der Waals surface area contributed by atoms with Crippen LogP contribution in [0.4, 0.5) is 0 Å². The van der Waals surface area contributed by atoms with E-state index < -0.39 is 0 Å². The molecule has 50 valence electrons. The van der Waals surface area contributed by atoms with Gasteiger partial charge in [0.1, 0.15) is 0 Å². The number of rotatable bonds is 1. The third-order valence-corrected chi connectivity index (χ3v) is 2.73. The van der Waals surface area contributed by atoms with Crippen molar-refractivity contribution in [2.45, 2.75) is 5.02 Å². The van der Waals surface area contributed by atoms with E-state index in [1.807, 2.05) is 18.2 Å². The van der Waals surface area contributed by atoms with Gasteiger partial charge >= 0.3 is 69.8 Å². The second-order valence-corrected chi connectivity index (χ2v) is 3.30. The van der Waals surface area contributed by atoms with Crippen LogP contribution in [0.3, 0.4) is 0 Å². The van der Waals surface area contributed by atoms with Gasteiger partial charge in [0.2, 0.25) is 0 Å². The molecular formula is C7H6BrClZn. The summed E-state index contributed by atoms with van der Waals surface area (Å²) in [7, 11) is 0. The second kappa shape index (κ2) is 5.29. The third kappa shape index (κ3) is 2.69. The van der Waals surface area contributed by atoms with E-state index in [1.165, 1.54) is 23.9 Å². The zero-order valence-electron chi connectivity index (χ0n) is 5.48. The van der Waals surface area contributed by atoms with Crippen LogP contribution in [-0.2, 0) is 23.3 Å². The Labute approximate surface area is 86.4 Å². The van der Waals surface area contributed by atoms with Crippen molar-refractivity contribution in [3.05, 3.63) is 34.9 Å². The quantitative estimate of drug-likeness (QED) is 0.598. The van der Waals surface area contributed by atoms with E-state index in [1.54, 1.807) is 0 Å². The molecule has 1 rings (SSSR count). The maximum atomic E-state index is 5.84. The summed E-state index contributed by atoms with van der Waals surface area (Å²) in [5.41, 5.74) is 1.28. The molecule has 1 aromatic rings. The van der Waals surface area contributed by atoms with Gasteiger partial charge in [-0.15, -0.1) is 0 Å². The van der Waals surface area contributed by atoms with E-state index in [4.69, 9.17) is 11.6 Å². The number of benzene rings is 1. The predicted molar refractivity (Wildman–Crippen MR) is 35.2 cm³/mol. The molecule has 0 spiro atoms. The molecule has 0 aliphatic heterocycles. The molecule has 0 nitrogen and oxygen atoms in total. The standard InChI is InChI=1S/C7H6Cl.BrH.Zn/c1-6-4-2-3-5-7(6)8;;/h2-5H,1H2;1H;/q;;+1/p-1. The van der Waals surface area contributed by atoms with Crippen molar-refractivity contribution in [3.8, 4) is 0 Å². The fourth-order valence-electron chi connectivity index (χ4n) is 0.701. The van der Waals surface area contributed by atoms with Crippen LogP contribution in [0.15, 0.2) is 24.3 Å². The molecule has 0 aromatic heterocycles. The van der Waals surface area contributed by atoms with Gasteiger partial charge in [-0.3, -0.25) is 0 Å². The van der Waals surface area contributed by atoms with Crippen molar-refractivity contribution in [3.63, 3.8) is 0 Å². The Bertz CT molecular complexity index is 203. The van der Waals surface area contributed by atoms with Crippen molar-refractivity contribution in [1.29, 1.82) is 0 Å². The van der Waals surface area contributed by atoms with Crippen LogP contribution in [0.2, 0.25) is 5.02 Å². The normalized spacial score (nSPS) is 8.70. The minimum Gasteiger partial charge on any atom is -1.00 e. The molecule has 1 aromatic carbocycles. The molecule has 0 saturated heterocycles. The number of halogens is 2.